The molecule has 1 rings (SSSR count). The first-order valence-corrected chi connectivity index (χ1v) is 5.49. The zero-order valence-corrected chi connectivity index (χ0v) is 8.98. The summed E-state index contributed by atoms with van der Waals surface area (Å²) in [5, 5.41) is 0. The second-order valence-electron chi connectivity index (χ2n) is 2.54. The number of hydrogen-bond acceptors (Lipinski definition) is 1. The average molecular weight is 249 g/mol. The molecule has 1 unspecified atom stereocenters. The number of rotatable bonds is 2. The van der Waals surface area contributed by atoms with Crippen LogP contribution in [0.1, 0.15) is 11.1 Å². The van der Waals surface area contributed by atoms with Gasteiger partial charge in [-0.2, -0.15) is 0 Å². The minimum atomic E-state index is -1.75. The molecule has 1 atom stereocenters. The summed E-state index contributed by atoms with van der Waals surface area (Å²) in [6.07, 6.45) is 0. The van der Waals surface area contributed by atoms with E-state index in [1.54, 1.807) is 0 Å². The molecule has 0 amide bonds. The van der Waals surface area contributed by atoms with Crippen LogP contribution in [0.15, 0.2) is 22.7 Å². The Balaban J connectivity index is 2.93. The predicted molar refractivity (Wildman–Crippen MR) is 53.4 cm³/mol. The topological polar surface area (TPSA) is 37.3 Å². The lowest BCUT2D eigenvalue weighted by Crippen LogP contribution is -1.95. The SMILES string of the molecule is Cc1cc(Br)ccc1CS(=O)O. The van der Waals surface area contributed by atoms with Gasteiger partial charge in [-0.05, 0) is 30.2 Å². The summed E-state index contributed by atoms with van der Waals surface area (Å²) < 4.78 is 20.2. The first kappa shape index (κ1) is 9.89. The monoisotopic (exact) mass is 248 g/mol. The molecular formula is C8H9BrO2S. The highest BCUT2D eigenvalue weighted by atomic mass is 79.9. The van der Waals surface area contributed by atoms with E-state index in [-0.39, 0.29) is 5.75 Å². The molecule has 0 spiro atoms. The number of halogens is 1. The van der Waals surface area contributed by atoms with Crippen molar-refractivity contribution in [3.8, 4) is 0 Å². The Kier molecular flexibility index (Phi) is 3.43. The summed E-state index contributed by atoms with van der Waals surface area (Å²) in [6.45, 7) is 1.92. The average Bonchev–Trinajstić information content (AvgIpc) is 1.94. The predicted octanol–water partition coefficient (Wildman–Crippen LogP) is 2.48. The van der Waals surface area contributed by atoms with Gasteiger partial charge in [0.05, 0.1) is 5.75 Å². The van der Waals surface area contributed by atoms with E-state index < -0.39 is 11.1 Å². The van der Waals surface area contributed by atoms with Gasteiger partial charge in [0.15, 0.2) is 11.1 Å². The summed E-state index contributed by atoms with van der Waals surface area (Å²) in [6, 6.07) is 5.66. The van der Waals surface area contributed by atoms with Crippen molar-refractivity contribution >= 4 is 27.0 Å². The van der Waals surface area contributed by atoms with E-state index in [2.05, 4.69) is 15.9 Å². The molecular weight excluding hydrogens is 240 g/mol. The van der Waals surface area contributed by atoms with Gasteiger partial charge in [-0.3, -0.25) is 0 Å². The van der Waals surface area contributed by atoms with Gasteiger partial charge in [0, 0.05) is 4.47 Å². The Labute approximate surface area is 82.4 Å². The van der Waals surface area contributed by atoms with Crippen LogP contribution < -0.4 is 0 Å². The second kappa shape index (κ2) is 4.16. The molecule has 1 aromatic rings. The van der Waals surface area contributed by atoms with Gasteiger partial charge in [-0.15, -0.1) is 0 Å². The van der Waals surface area contributed by atoms with Crippen LogP contribution >= 0.6 is 15.9 Å². The normalized spacial score (nSPS) is 12.9. The molecule has 0 fully saturated rings. The van der Waals surface area contributed by atoms with Crippen LogP contribution in [0.5, 0.6) is 0 Å². The first-order chi connectivity index (χ1) is 5.59. The van der Waals surface area contributed by atoms with Crippen molar-refractivity contribution < 1.29 is 8.76 Å². The van der Waals surface area contributed by atoms with Crippen molar-refractivity contribution in [2.45, 2.75) is 12.7 Å². The lowest BCUT2D eigenvalue weighted by atomic mass is 10.1. The fourth-order valence-electron chi connectivity index (χ4n) is 0.954. The largest absolute Gasteiger partial charge is 0.306 e. The maximum Gasteiger partial charge on any atom is 0.157 e. The molecule has 0 aliphatic heterocycles. The molecule has 0 bridgehead atoms. The van der Waals surface area contributed by atoms with E-state index in [0.29, 0.717) is 0 Å². The fraction of sp³-hybridized carbons (Fsp3) is 0.250. The van der Waals surface area contributed by atoms with Crippen molar-refractivity contribution in [2.75, 3.05) is 0 Å². The summed E-state index contributed by atoms with van der Waals surface area (Å²) in [5.41, 5.74) is 1.95. The Morgan fingerprint density at radius 1 is 1.58 bits per heavy atom. The molecule has 0 saturated heterocycles. The van der Waals surface area contributed by atoms with Gasteiger partial charge in [0.1, 0.15) is 0 Å². The van der Waals surface area contributed by atoms with Crippen molar-refractivity contribution in [2.24, 2.45) is 0 Å². The highest BCUT2D eigenvalue weighted by Gasteiger charge is 2.01. The third-order valence-electron chi connectivity index (χ3n) is 1.58. The van der Waals surface area contributed by atoms with Crippen LogP contribution in [0.25, 0.3) is 0 Å². The molecule has 0 radical (unpaired) electrons. The number of hydrogen-bond donors (Lipinski definition) is 1. The Bertz CT molecular complexity index is 312. The van der Waals surface area contributed by atoms with Crippen molar-refractivity contribution in [3.05, 3.63) is 33.8 Å². The third-order valence-corrected chi connectivity index (χ3v) is 2.63. The van der Waals surface area contributed by atoms with E-state index in [1.807, 2.05) is 25.1 Å². The number of benzene rings is 1. The molecule has 2 nitrogen and oxygen atoms in total. The Morgan fingerprint density at radius 2 is 2.25 bits per heavy atom. The van der Waals surface area contributed by atoms with E-state index >= 15 is 0 Å². The van der Waals surface area contributed by atoms with Crippen LogP contribution in [0.2, 0.25) is 0 Å². The van der Waals surface area contributed by atoms with E-state index in [1.165, 1.54) is 0 Å². The molecule has 1 aromatic carbocycles. The van der Waals surface area contributed by atoms with Crippen LogP contribution in [0.3, 0.4) is 0 Å². The molecule has 0 aromatic heterocycles. The quantitative estimate of drug-likeness (QED) is 0.817. The second-order valence-corrected chi connectivity index (χ2v) is 4.38. The van der Waals surface area contributed by atoms with Gasteiger partial charge in [-0.1, -0.05) is 22.0 Å². The van der Waals surface area contributed by atoms with Crippen LogP contribution in [0, 0.1) is 6.92 Å². The maximum atomic E-state index is 10.5. The lowest BCUT2D eigenvalue weighted by molar-refractivity contribution is 0.563. The summed E-state index contributed by atoms with van der Waals surface area (Å²) in [5.74, 6) is 0.207. The molecule has 66 valence electrons. The van der Waals surface area contributed by atoms with E-state index in [4.69, 9.17) is 4.55 Å². The minimum Gasteiger partial charge on any atom is -0.306 e. The van der Waals surface area contributed by atoms with E-state index in [0.717, 1.165) is 15.6 Å². The Hall–Kier alpha value is -0.190. The van der Waals surface area contributed by atoms with Gasteiger partial charge in [0.25, 0.3) is 0 Å². The fourth-order valence-corrected chi connectivity index (χ4v) is 2.02. The van der Waals surface area contributed by atoms with Crippen molar-refractivity contribution in [1.29, 1.82) is 0 Å². The Morgan fingerprint density at radius 3 is 2.75 bits per heavy atom. The molecule has 1 N–H and O–H groups in total. The van der Waals surface area contributed by atoms with E-state index in [9.17, 15) is 4.21 Å². The smallest absolute Gasteiger partial charge is 0.157 e. The summed E-state index contributed by atoms with van der Waals surface area (Å²) in [4.78, 5) is 0. The molecule has 0 aliphatic rings. The van der Waals surface area contributed by atoms with Gasteiger partial charge in [-0.25, -0.2) is 4.21 Å². The summed E-state index contributed by atoms with van der Waals surface area (Å²) in [7, 11) is 0. The number of aryl methyl sites for hydroxylation is 1. The van der Waals surface area contributed by atoms with Gasteiger partial charge < -0.3 is 4.55 Å². The van der Waals surface area contributed by atoms with Crippen LogP contribution in [0.4, 0.5) is 0 Å². The van der Waals surface area contributed by atoms with Gasteiger partial charge in [0.2, 0.25) is 0 Å². The molecule has 0 heterocycles. The molecule has 0 aliphatic carbocycles. The first-order valence-electron chi connectivity index (χ1n) is 3.42. The van der Waals surface area contributed by atoms with Crippen molar-refractivity contribution in [3.63, 3.8) is 0 Å². The van der Waals surface area contributed by atoms with Crippen LogP contribution in [-0.2, 0) is 16.8 Å². The lowest BCUT2D eigenvalue weighted by Gasteiger charge is -2.02. The molecule has 4 heteroatoms. The summed E-state index contributed by atoms with van der Waals surface area (Å²) >= 11 is 1.58. The minimum absolute atomic E-state index is 0.207. The third kappa shape index (κ3) is 2.69. The van der Waals surface area contributed by atoms with Gasteiger partial charge >= 0.3 is 0 Å². The standard InChI is InChI=1S/C8H9BrO2S/c1-6-4-8(9)3-2-7(6)5-12(10)11/h2-4H,5H2,1H3,(H,10,11). The highest BCUT2D eigenvalue weighted by Crippen LogP contribution is 2.16. The zero-order chi connectivity index (χ0) is 9.14. The molecule has 0 saturated carbocycles. The van der Waals surface area contributed by atoms with Crippen LogP contribution in [-0.4, -0.2) is 8.76 Å². The van der Waals surface area contributed by atoms with Crippen molar-refractivity contribution in [1.82, 2.24) is 0 Å². The highest BCUT2D eigenvalue weighted by molar-refractivity contribution is 9.10. The zero-order valence-electron chi connectivity index (χ0n) is 6.58. The molecule has 12 heavy (non-hydrogen) atoms. The maximum absolute atomic E-state index is 10.5.